The summed E-state index contributed by atoms with van der Waals surface area (Å²) in [6.07, 6.45) is 10.4. The third-order valence-corrected chi connectivity index (χ3v) is 4.52. The molecule has 0 saturated heterocycles. The van der Waals surface area contributed by atoms with Crippen molar-refractivity contribution in [1.82, 2.24) is 10.2 Å². The van der Waals surface area contributed by atoms with Crippen LogP contribution in [0.15, 0.2) is 0 Å². The van der Waals surface area contributed by atoms with Crippen LogP contribution >= 0.6 is 0 Å². The molecule has 1 fully saturated rings. The largest absolute Gasteiger partial charge is 0.317 e. The summed E-state index contributed by atoms with van der Waals surface area (Å²) in [6.45, 7) is 7.39. The molecule has 20 heavy (non-hydrogen) atoms. The average Bonchev–Trinajstić information content (AvgIpc) is 2.47. The van der Waals surface area contributed by atoms with Gasteiger partial charge in [0.2, 0.25) is 0 Å². The van der Waals surface area contributed by atoms with E-state index in [1.54, 1.807) is 0 Å². The van der Waals surface area contributed by atoms with Crippen LogP contribution in [0.25, 0.3) is 0 Å². The molecule has 1 saturated carbocycles. The second-order valence-electron chi connectivity index (χ2n) is 6.98. The normalized spacial score (nSPS) is 17.4. The highest BCUT2D eigenvalue weighted by molar-refractivity contribution is 4.91. The number of rotatable bonds is 9. The van der Waals surface area contributed by atoms with Crippen molar-refractivity contribution >= 4 is 0 Å². The van der Waals surface area contributed by atoms with Gasteiger partial charge in [0, 0.05) is 6.04 Å². The van der Waals surface area contributed by atoms with E-state index in [0.717, 1.165) is 32.0 Å². The summed E-state index contributed by atoms with van der Waals surface area (Å²) in [6, 6.07) is 3.19. The molecule has 0 amide bonds. The lowest BCUT2D eigenvalue weighted by atomic mass is 9.90. The molecule has 0 aromatic rings. The first-order chi connectivity index (χ1) is 9.55. The van der Waals surface area contributed by atoms with E-state index in [1.165, 1.54) is 45.1 Å². The molecule has 1 N–H and O–H groups in total. The van der Waals surface area contributed by atoms with Gasteiger partial charge in [0.05, 0.1) is 11.5 Å². The van der Waals surface area contributed by atoms with Gasteiger partial charge in [0.15, 0.2) is 0 Å². The van der Waals surface area contributed by atoms with Crippen LogP contribution in [0.5, 0.6) is 0 Å². The molecule has 0 heterocycles. The Hall–Kier alpha value is -0.590. The van der Waals surface area contributed by atoms with E-state index in [-0.39, 0.29) is 5.41 Å². The topological polar surface area (TPSA) is 39.1 Å². The molecule has 0 spiro atoms. The first-order valence-corrected chi connectivity index (χ1v) is 8.37. The Kier molecular flexibility index (Phi) is 8.18. The summed E-state index contributed by atoms with van der Waals surface area (Å²) >= 11 is 0. The van der Waals surface area contributed by atoms with E-state index in [9.17, 15) is 0 Å². The highest BCUT2D eigenvalue weighted by Crippen LogP contribution is 2.21. The Morgan fingerprint density at radius 1 is 1.15 bits per heavy atom. The van der Waals surface area contributed by atoms with Gasteiger partial charge in [-0.1, -0.05) is 19.3 Å². The van der Waals surface area contributed by atoms with Crippen molar-refractivity contribution < 1.29 is 0 Å². The van der Waals surface area contributed by atoms with Crippen molar-refractivity contribution in [3.8, 4) is 6.07 Å². The van der Waals surface area contributed by atoms with E-state index in [2.05, 4.69) is 23.3 Å². The molecule has 116 valence electrons. The fourth-order valence-electron chi connectivity index (χ4n) is 2.99. The minimum Gasteiger partial charge on any atom is -0.317 e. The maximum absolute atomic E-state index is 8.94. The van der Waals surface area contributed by atoms with Gasteiger partial charge < -0.3 is 10.2 Å². The monoisotopic (exact) mass is 279 g/mol. The minimum atomic E-state index is -0.164. The van der Waals surface area contributed by atoms with Gasteiger partial charge in [-0.25, -0.2) is 0 Å². The number of nitrogens with zero attached hydrogens (tertiary/aromatic N) is 2. The molecule has 0 atom stereocenters. The van der Waals surface area contributed by atoms with Crippen molar-refractivity contribution in [2.75, 3.05) is 26.7 Å². The fraction of sp³-hybridized carbons (Fsp3) is 0.941. The van der Waals surface area contributed by atoms with Gasteiger partial charge in [0.1, 0.15) is 0 Å². The number of nitrogens with one attached hydrogen (secondary N) is 1. The summed E-state index contributed by atoms with van der Waals surface area (Å²) in [5, 5.41) is 12.4. The van der Waals surface area contributed by atoms with Gasteiger partial charge in [-0.05, 0) is 72.6 Å². The maximum Gasteiger partial charge on any atom is 0.0683 e. The lowest BCUT2D eigenvalue weighted by molar-refractivity contribution is 0.189. The highest BCUT2D eigenvalue weighted by Gasteiger charge is 2.17. The van der Waals surface area contributed by atoms with E-state index in [0.29, 0.717) is 0 Å². The van der Waals surface area contributed by atoms with Gasteiger partial charge in [-0.2, -0.15) is 5.26 Å². The molecule has 1 rings (SSSR count). The maximum atomic E-state index is 8.94. The van der Waals surface area contributed by atoms with Crippen LogP contribution in [0.1, 0.15) is 65.2 Å². The molecule has 0 radical (unpaired) electrons. The second kappa shape index (κ2) is 9.37. The van der Waals surface area contributed by atoms with E-state index >= 15 is 0 Å². The Balaban J connectivity index is 1.95. The van der Waals surface area contributed by atoms with Gasteiger partial charge in [-0.3, -0.25) is 0 Å². The predicted octanol–water partition coefficient (Wildman–Crippen LogP) is 3.56. The molecule has 0 aliphatic heterocycles. The molecule has 0 bridgehead atoms. The molecule has 0 aromatic heterocycles. The van der Waals surface area contributed by atoms with Crippen molar-refractivity contribution in [3.63, 3.8) is 0 Å². The number of hydrogen-bond acceptors (Lipinski definition) is 3. The molecular formula is C17H33N3. The predicted molar refractivity (Wildman–Crippen MR) is 85.6 cm³/mol. The van der Waals surface area contributed by atoms with Crippen LogP contribution in [0.4, 0.5) is 0 Å². The van der Waals surface area contributed by atoms with Crippen molar-refractivity contribution in [2.24, 2.45) is 5.41 Å². The summed E-state index contributed by atoms with van der Waals surface area (Å²) in [5.41, 5.74) is -0.164. The SMILES string of the molecule is CN(CCCNCCCC(C)(C)C#N)C1CCCCC1. The Morgan fingerprint density at radius 3 is 2.45 bits per heavy atom. The second-order valence-corrected chi connectivity index (χ2v) is 6.98. The third kappa shape index (κ3) is 7.26. The Bertz CT molecular complexity index is 287. The molecule has 1 aliphatic carbocycles. The summed E-state index contributed by atoms with van der Waals surface area (Å²) in [4.78, 5) is 2.56. The number of hydrogen-bond donors (Lipinski definition) is 1. The minimum absolute atomic E-state index is 0.164. The van der Waals surface area contributed by atoms with Crippen molar-refractivity contribution in [1.29, 1.82) is 5.26 Å². The van der Waals surface area contributed by atoms with Crippen LogP contribution in [-0.2, 0) is 0 Å². The standard InChI is InChI=1S/C17H33N3/c1-17(2,15-18)11-7-12-19-13-8-14-20(3)16-9-5-4-6-10-16/h16,19H,4-14H2,1-3H3. The highest BCUT2D eigenvalue weighted by atomic mass is 15.1. The quantitative estimate of drug-likeness (QED) is 0.656. The van der Waals surface area contributed by atoms with Crippen molar-refractivity contribution in [3.05, 3.63) is 0 Å². The number of nitriles is 1. The Labute approximate surface area is 125 Å². The van der Waals surface area contributed by atoms with Gasteiger partial charge >= 0.3 is 0 Å². The molecule has 3 nitrogen and oxygen atoms in total. The first kappa shape index (κ1) is 17.5. The van der Waals surface area contributed by atoms with Crippen LogP contribution in [0.3, 0.4) is 0 Å². The molecule has 0 aromatic carbocycles. The van der Waals surface area contributed by atoms with Crippen LogP contribution < -0.4 is 5.32 Å². The smallest absolute Gasteiger partial charge is 0.0683 e. The Morgan fingerprint density at radius 2 is 1.80 bits per heavy atom. The van der Waals surface area contributed by atoms with Gasteiger partial charge in [0.25, 0.3) is 0 Å². The zero-order valence-corrected chi connectivity index (χ0v) is 13.7. The zero-order chi connectivity index (χ0) is 14.8. The van der Waals surface area contributed by atoms with Crippen LogP contribution in [0.2, 0.25) is 0 Å². The average molecular weight is 279 g/mol. The van der Waals surface area contributed by atoms with E-state index < -0.39 is 0 Å². The van der Waals surface area contributed by atoms with Gasteiger partial charge in [-0.15, -0.1) is 0 Å². The van der Waals surface area contributed by atoms with Crippen LogP contribution in [0, 0.1) is 16.7 Å². The fourth-order valence-corrected chi connectivity index (χ4v) is 2.99. The third-order valence-electron chi connectivity index (χ3n) is 4.52. The summed E-state index contributed by atoms with van der Waals surface area (Å²) in [5.74, 6) is 0. The van der Waals surface area contributed by atoms with Crippen LogP contribution in [-0.4, -0.2) is 37.6 Å². The summed E-state index contributed by atoms with van der Waals surface area (Å²) < 4.78 is 0. The van der Waals surface area contributed by atoms with E-state index in [4.69, 9.17) is 5.26 Å². The lowest BCUT2D eigenvalue weighted by Crippen LogP contribution is -2.35. The zero-order valence-electron chi connectivity index (χ0n) is 13.7. The molecular weight excluding hydrogens is 246 g/mol. The first-order valence-electron chi connectivity index (χ1n) is 8.37. The molecule has 1 aliphatic rings. The lowest BCUT2D eigenvalue weighted by Gasteiger charge is -2.31. The molecule has 3 heteroatoms. The van der Waals surface area contributed by atoms with Crippen molar-refractivity contribution in [2.45, 2.75) is 71.3 Å². The van der Waals surface area contributed by atoms with E-state index in [1.807, 2.05) is 13.8 Å². The molecule has 0 unspecified atom stereocenters. The summed E-state index contributed by atoms with van der Waals surface area (Å²) in [7, 11) is 2.28.